The summed E-state index contributed by atoms with van der Waals surface area (Å²) in [6, 6.07) is 10.5. The number of nitrogens with zero attached hydrogens (tertiary/aromatic N) is 3. The third kappa shape index (κ3) is 5.41. The van der Waals surface area contributed by atoms with E-state index in [4.69, 9.17) is 4.74 Å². The van der Waals surface area contributed by atoms with Crippen LogP contribution in [-0.4, -0.2) is 54.3 Å². The standard InChI is InChI=1S/C20H29N5O/c1-15(2)17-4-6-18(7-5-17)23-19-14-16(3)22-20(24-19)21-8-9-25-10-12-26-13-11-25/h4-7,14-15H,8-13H2,1-3H3,(H2,21,22,23,24). The number of benzene rings is 1. The molecule has 3 rings (SSSR count). The van der Waals surface area contributed by atoms with Crippen LogP contribution >= 0.6 is 0 Å². The van der Waals surface area contributed by atoms with Crippen molar-refractivity contribution in [2.24, 2.45) is 0 Å². The number of hydrogen-bond acceptors (Lipinski definition) is 6. The molecule has 6 heteroatoms. The van der Waals surface area contributed by atoms with Gasteiger partial charge >= 0.3 is 0 Å². The molecular weight excluding hydrogens is 326 g/mol. The summed E-state index contributed by atoms with van der Waals surface area (Å²) in [6.07, 6.45) is 0. The number of rotatable bonds is 7. The number of morpholine rings is 1. The first-order valence-electron chi connectivity index (χ1n) is 9.37. The third-order valence-corrected chi connectivity index (χ3v) is 4.52. The minimum Gasteiger partial charge on any atom is -0.379 e. The second-order valence-electron chi connectivity index (χ2n) is 7.00. The van der Waals surface area contributed by atoms with Crippen molar-refractivity contribution in [3.63, 3.8) is 0 Å². The van der Waals surface area contributed by atoms with Gasteiger partial charge in [-0.05, 0) is 30.5 Å². The maximum absolute atomic E-state index is 5.38. The van der Waals surface area contributed by atoms with Gasteiger partial charge in [-0.25, -0.2) is 4.98 Å². The molecule has 0 bridgehead atoms. The van der Waals surface area contributed by atoms with Crippen LogP contribution in [0.2, 0.25) is 0 Å². The first-order valence-corrected chi connectivity index (χ1v) is 9.37. The quantitative estimate of drug-likeness (QED) is 0.794. The van der Waals surface area contributed by atoms with Crippen LogP contribution in [0.1, 0.15) is 31.0 Å². The van der Waals surface area contributed by atoms with Crippen molar-refractivity contribution in [3.8, 4) is 0 Å². The van der Waals surface area contributed by atoms with Crippen LogP contribution in [0.3, 0.4) is 0 Å². The van der Waals surface area contributed by atoms with Crippen LogP contribution in [-0.2, 0) is 4.74 Å². The van der Waals surface area contributed by atoms with Crippen molar-refractivity contribution in [2.45, 2.75) is 26.7 Å². The summed E-state index contributed by atoms with van der Waals surface area (Å²) in [5.41, 5.74) is 3.31. The molecule has 2 N–H and O–H groups in total. The van der Waals surface area contributed by atoms with Gasteiger partial charge < -0.3 is 15.4 Å². The Morgan fingerprint density at radius 2 is 1.85 bits per heavy atom. The summed E-state index contributed by atoms with van der Waals surface area (Å²) in [5, 5.41) is 6.71. The van der Waals surface area contributed by atoms with Crippen LogP contribution in [0, 0.1) is 6.92 Å². The van der Waals surface area contributed by atoms with Crippen molar-refractivity contribution < 1.29 is 4.74 Å². The highest BCUT2D eigenvalue weighted by Crippen LogP contribution is 2.20. The van der Waals surface area contributed by atoms with Crippen LogP contribution in [0.5, 0.6) is 0 Å². The predicted octanol–water partition coefficient (Wildman–Crippen LogP) is 3.40. The van der Waals surface area contributed by atoms with E-state index in [0.717, 1.165) is 56.6 Å². The lowest BCUT2D eigenvalue weighted by atomic mass is 10.0. The molecule has 0 spiro atoms. The van der Waals surface area contributed by atoms with E-state index in [1.54, 1.807) is 0 Å². The van der Waals surface area contributed by atoms with Crippen LogP contribution in [0.15, 0.2) is 30.3 Å². The van der Waals surface area contributed by atoms with E-state index in [2.05, 4.69) is 63.6 Å². The van der Waals surface area contributed by atoms with Gasteiger partial charge in [-0.3, -0.25) is 4.90 Å². The van der Waals surface area contributed by atoms with Gasteiger partial charge in [-0.15, -0.1) is 0 Å². The lowest BCUT2D eigenvalue weighted by Crippen LogP contribution is -2.39. The van der Waals surface area contributed by atoms with E-state index < -0.39 is 0 Å². The summed E-state index contributed by atoms with van der Waals surface area (Å²) in [5.74, 6) is 2.01. The van der Waals surface area contributed by atoms with E-state index in [0.29, 0.717) is 11.9 Å². The number of aryl methyl sites for hydroxylation is 1. The molecule has 0 amide bonds. The minimum absolute atomic E-state index is 0.535. The van der Waals surface area contributed by atoms with Crippen molar-refractivity contribution in [2.75, 3.05) is 50.0 Å². The van der Waals surface area contributed by atoms with E-state index >= 15 is 0 Å². The highest BCUT2D eigenvalue weighted by molar-refractivity contribution is 5.58. The van der Waals surface area contributed by atoms with Gasteiger partial charge in [-0.2, -0.15) is 4.98 Å². The van der Waals surface area contributed by atoms with Gasteiger partial charge in [-0.1, -0.05) is 26.0 Å². The third-order valence-electron chi connectivity index (χ3n) is 4.52. The van der Waals surface area contributed by atoms with Gasteiger partial charge in [0.05, 0.1) is 13.2 Å². The average molecular weight is 355 g/mol. The molecule has 1 aliphatic rings. The zero-order valence-corrected chi connectivity index (χ0v) is 16.0. The Morgan fingerprint density at radius 1 is 1.12 bits per heavy atom. The summed E-state index contributed by atoms with van der Waals surface area (Å²) in [4.78, 5) is 11.5. The largest absolute Gasteiger partial charge is 0.379 e. The zero-order chi connectivity index (χ0) is 18.4. The van der Waals surface area contributed by atoms with E-state index in [1.165, 1.54) is 5.56 Å². The number of hydrogen-bond donors (Lipinski definition) is 2. The van der Waals surface area contributed by atoms with E-state index in [9.17, 15) is 0 Å². The number of aromatic nitrogens is 2. The Balaban J connectivity index is 1.57. The lowest BCUT2D eigenvalue weighted by Gasteiger charge is -2.26. The molecule has 0 unspecified atom stereocenters. The molecule has 1 fully saturated rings. The van der Waals surface area contributed by atoms with E-state index in [1.807, 2.05) is 13.0 Å². The Morgan fingerprint density at radius 3 is 2.54 bits per heavy atom. The number of anilines is 3. The summed E-state index contributed by atoms with van der Waals surface area (Å²) < 4.78 is 5.38. The molecule has 2 aromatic rings. The molecule has 6 nitrogen and oxygen atoms in total. The molecule has 0 atom stereocenters. The van der Waals surface area contributed by atoms with Crippen LogP contribution < -0.4 is 10.6 Å². The smallest absolute Gasteiger partial charge is 0.224 e. The molecule has 2 heterocycles. The Bertz CT molecular complexity index is 696. The molecule has 26 heavy (non-hydrogen) atoms. The number of nitrogens with one attached hydrogen (secondary N) is 2. The van der Waals surface area contributed by atoms with Crippen LogP contribution in [0.25, 0.3) is 0 Å². The first kappa shape index (κ1) is 18.6. The van der Waals surface area contributed by atoms with Gasteiger partial charge in [0, 0.05) is 43.6 Å². The topological polar surface area (TPSA) is 62.3 Å². The van der Waals surface area contributed by atoms with Crippen LogP contribution in [0.4, 0.5) is 17.5 Å². The Labute approximate surface area is 156 Å². The maximum atomic E-state index is 5.38. The predicted molar refractivity (Wildman–Crippen MR) is 106 cm³/mol. The molecule has 0 aliphatic carbocycles. The number of ether oxygens (including phenoxy) is 1. The fourth-order valence-electron chi connectivity index (χ4n) is 2.96. The average Bonchev–Trinajstić information content (AvgIpc) is 2.62. The normalized spacial score (nSPS) is 15.2. The molecule has 1 aromatic carbocycles. The zero-order valence-electron chi connectivity index (χ0n) is 16.0. The van der Waals surface area contributed by atoms with E-state index in [-0.39, 0.29) is 0 Å². The molecule has 1 aliphatic heterocycles. The monoisotopic (exact) mass is 355 g/mol. The van der Waals surface area contributed by atoms with Gasteiger partial charge in [0.1, 0.15) is 5.82 Å². The van der Waals surface area contributed by atoms with Crippen molar-refractivity contribution in [1.29, 1.82) is 0 Å². The van der Waals surface area contributed by atoms with Gasteiger partial charge in [0.25, 0.3) is 0 Å². The molecule has 140 valence electrons. The second-order valence-corrected chi connectivity index (χ2v) is 7.00. The SMILES string of the molecule is Cc1cc(Nc2ccc(C(C)C)cc2)nc(NCCN2CCOCC2)n1. The van der Waals surface area contributed by atoms with Gasteiger partial charge in [0.2, 0.25) is 5.95 Å². The minimum atomic E-state index is 0.535. The summed E-state index contributed by atoms with van der Waals surface area (Å²) in [6.45, 7) is 11.8. The molecule has 0 saturated carbocycles. The fraction of sp³-hybridized carbons (Fsp3) is 0.500. The highest BCUT2D eigenvalue weighted by atomic mass is 16.5. The van der Waals surface area contributed by atoms with Crippen molar-refractivity contribution in [3.05, 3.63) is 41.6 Å². The fourth-order valence-corrected chi connectivity index (χ4v) is 2.96. The summed E-state index contributed by atoms with van der Waals surface area (Å²) >= 11 is 0. The van der Waals surface area contributed by atoms with Crippen molar-refractivity contribution >= 4 is 17.5 Å². The van der Waals surface area contributed by atoms with Crippen molar-refractivity contribution in [1.82, 2.24) is 14.9 Å². The van der Waals surface area contributed by atoms with Gasteiger partial charge in [0.15, 0.2) is 0 Å². The highest BCUT2D eigenvalue weighted by Gasteiger charge is 2.10. The molecule has 1 aromatic heterocycles. The second kappa shape index (κ2) is 8.96. The Kier molecular flexibility index (Phi) is 6.41. The molecule has 1 saturated heterocycles. The first-order chi connectivity index (χ1) is 12.6. The molecular formula is C20H29N5O. The summed E-state index contributed by atoms with van der Waals surface area (Å²) in [7, 11) is 0. The molecule has 0 radical (unpaired) electrons. The Hall–Kier alpha value is -2.18. The maximum Gasteiger partial charge on any atom is 0.224 e. The lowest BCUT2D eigenvalue weighted by molar-refractivity contribution is 0.0398.